The van der Waals surface area contributed by atoms with E-state index in [0.29, 0.717) is 17.5 Å². The molecule has 70 heavy (non-hydrogen) atoms. The molecule has 0 saturated carbocycles. The van der Waals surface area contributed by atoms with Gasteiger partial charge in [-0.2, -0.15) is 0 Å². The molecule has 0 fully saturated rings. The lowest BCUT2D eigenvalue weighted by Gasteiger charge is -2.39. The Morgan fingerprint density at radius 2 is 0.914 bits per heavy atom. The van der Waals surface area contributed by atoms with Crippen LogP contribution in [0.4, 0.5) is 0 Å². The van der Waals surface area contributed by atoms with Crippen LogP contribution >= 0.6 is 11.3 Å². The SMILES string of the molecule is c1ccc(-c2nc(-c3ccccc3)nc(-c3ccc4c(c3)C3(c5ccccc5Oc5ccccc53)c3ccc(-c5ccc6c(c5)c5cc7c(cc5n6-c5ccccc5)sc5ccccc57)cc3-4)n2)cc1. The molecule has 326 valence electrons. The van der Waals surface area contributed by atoms with Gasteiger partial charge in [0.25, 0.3) is 0 Å². The third-order valence-corrected chi connectivity index (χ3v) is 15.6. The van der Waals surface area contributed by atoms with Gasteiger partial charge in [-0.15, -0.1) is 11.3 Å². The van der Waals surface area contributed by atoms with Gasteiger partial charge in [-0.25, -0.2) is 15.0 Å². The second-order valence-corrected chi connectivity index (χ2v) is 19.4. The molecule has 6 heteroatoms. The van der Waals surface area contributed by atoms with Gasteiger partial charge in [0.2, 0.25) is 0 Å². The zero-order valence-electron chi connectivity index (χ0n) is 37.5. The number of fused-ring (bicyclic) bond motifs is 15. The van der Waals surface area contributed by atoms with Crippen LogP contribution in [0.15, 0.2) is 231 Å². The average Bonchev–Trinajstić information content (AvgIpc) is 4.05. The number of ether oxygens (including phenoxy) is 1. The van der Waals surface area contributed by atoms with E-state index >= 15 is 0 Å². The normalized spacial score (nSPS) is 13.1. The summed E-state index contributed by atoms with van der Waals surface area (Å²) in [5, 5.41) is 5.07. The van der Waals surface area contributed by atoms with Gasteiger partial charge in [-0.05, 0) is 100 Å². The maximum atomic E-state index is 6.75. The van der Waals surface area contributed by atoms with E-state index in [1.165, 1.54) is 58.7 Å². The Hall–Kier alpha value is -8.97. The molecule has 1 spiro atoms. The van der Waals surface area contributed by atoms with Crippen LogP contribution in [0.1, 0.15) is 22.3 Å². The molecule has 4 heterocycles. The standard InChI is InChI=1S/C64H38N4OS/c1-4-16-39(17-5-1)61-65-62(40-18-6-2-7-19-40)67-63(66-61)43-28-31-45-47-34-41(29-32-51(47)64(54(45)36-43)52-23-11-13-25-57(52)69-58-26-14-12-24-53(58)64)42-30-33-55-48(35-42)49-37-50-46-22-10-15-27-59(46)70-60(50)38-56(49)68(55)44-20-8-3-9-21-44/h1-38H. The summed E-state index contributed by atoms with van der Waals surface area (Å²) in [7, 11) is 0. The summed E-state index contributed by atoms with van der Waals surface area (Å²) in [5.41, 5.74) is 14.9. The Labute approximate surface area is 407 Å². The van der Waals surface area contributed by atoms with Gasteiger partial charge in [0, 0.05) is 64.4 Å². The fraction of sp³-hybridized carbons (Fsp3) is 0.0156. The summed E-state index contributed by atoms with van der Waals surface area (Å²) in [5.74, 6) is 3.57. The van der Waals surface area contributed by atoms with E-state index in [-0.39, 0.29) is 0 Å². The van der Waals surface area contributed by atoms with Crippen LogP contribution in [0.5, 0.6) is 11.5 Å². The topological polar surface area (TPSA) is 52.8 Å². The smallest absolute Gasteiger partial charge is 0.164 e. The zero-order chi connectivity index (χ0) is 45.9. The molecule has 1 aliphatic carbocycles. The van der Waals surface area contributed by atoms with Crippen LogP contribution in [-0.4, -0.2) is 19.5 Å². The lowest BCUT2D eigenvalue weighted by molar-refractivity contribution is 0.436. The summed E-state index contributed by atoms with van der Waals surface area (Å²) in [4.78, 5) is 15.4. The molecule has 15 rings (SSSR count). The highest BCUT2D eigenvalue weighted by Crippen LogP contribution is 2.63. The van der Waals surface area contributed by atoms with Crippen LogP contribution in [-0.2, 0) is 5.41 Å². The maximum Gasteiger partial charge on any atom is 0.164 e. The predicted octanol–water partition coefficient (Wildman–Crippen LogP) is 16.5. The number of para-hydroxylation sites is 3. The zero-order valence-corrected chi connectivity index (χ0v) is 38.4. The van der Waals surface area contributed by atoms with Crippen LogP contribution in [0.3, 0.4) is 0 Å². The minimum Gasteiger partial charge on any atom is -0.457 e. The van der Waals surface area contributed by atoms with Crippen molar-refractivity contribution >= 4 is 53.3 Å². The van der Waals surface area contributed by atoms with Crippen molar-refractivity contribution in [2.24, 2.45) is 0 Å². The molecule has 10 aromatic carbocycles. The fourth-order valence-corrected chi connectivity index (χ4v) is 12.6. The molecule has 13 aromatic rings. The minimum absolute atomic E-state index is 0.617. The first-order valence-electron chi connectivity index (χ1n) is 23.7. The Morgan fingerprint density at radius 1 is 0.343 bits per heavy atom. The molecule has 0 atom stereocenters. The summed E-state index contributed by atoms with van der Waals surface area (Å²) in [6.07, 6.45) is 0. The van der Waals surface area contributed by atoms with Gasteiger partial charge in [0.05, 0.1) is 16.4 Å². The Balaban J connectivity index is 0.960. The molecular formula is C64H38N4OS. The first-order chi connectivity index (χ1) is 34.7. The molecule has 0 unspecified atom stereocenters. The third-order valence-electron chi connectivity index (χ3n) is 14.5. The summed E-state index contributed by atoms with van der Waals surface area (Å²) in [6.45, 7) is 0. The lowest BCUT2D eigenvalue weighted by Crippen LogP contribution is -2.32. The number of benzene rings is 10. The lowest BCUT2D eigenvalue weighted by atomic mass is 9.66. The number of aromatic nitrogens is 4. The Morgan fingerprint density at radius 3 is 1.63 bits per heavy atom. The van der Waals surface area contributed by atoms with Crippen molar-refractivity contribution in [3.05, 3.63) is 253 Å². The number of hydrogen-bond donors (Lipinski definition) is 0. The van der Waals surface area contributed by atoms with Gasteiger partial charge in [0.15, 0.2) is 17.5 Å². The van der Waals surface area contributed by atoms with Crippen molar-refractivity contribution in [1.82, 2.24) is 19.5 Å². The molecular weight excluding hydrogens is 873 g/mol. The van der Waals surface area contributed by atoms with Crippen molar-refractivity contribution < 1.29 is 4.74 Å². The Bertz CT molecular complexity index is 4170. The van der Waals surface area contributed by atoms with Crippen LogP contribution < -0.4 is 4.74 Å². The minimum atomic E-state index is -0.691. The first kappa shape index (κ1) is 39.1. The van der Waals surface area contributed by atoms with Crippen molar-refractivity contribution in [2.45, 2.75) is 5.41 Å². The second-order valence-electron chi connectivity index (χ2n) is 18.3. The molecule has 3 aromatic heterocycles. The van der Waals surface area contributed by atoms with Crippen molar-refractivity contribution in [1.29, 1.82) is 0 Å². The highest BCUT2D eigenvalue weighted by molar-refractivity contribution is 7.25. The summed E-state index contributed by atoms with van der Waals surface area (Å²) >= 11 is 1.86. The Kier molecular flexibility index (Phi) is 8.38. The van der Waals surface area contributed by atoms with Crippen LogP contribution in [0.25, 0.3) is 104 Å². The maximum absolute atomic E-state index is 6.75. The van der Waals surface area contributed by atoms with Gasteiger partial charge in [-0.3, -0.25) is 0 Å². The van der Waals surface area contributed by atoms with Crippen molar-refractivity contribution in [3.63, 3.8) is 0 Å². The van der Waals surface area contributed by atoms with Gasteiger partial charge in [0.1, 0.15) is 11.5 Å². The molecule has 2 aliphatic rings. The fourth-order valence-electron chi connectivity index (χ4n) is 11.4. The van der Waals surface area contributed by atoms with E-state index in [9.17, 15) is 0 Å². The molecule has 5 nitrogen and oxygen atoms in total. The first-order valence-corrected chi connectivity index (χ1v) is 24.5. The summed E-state index contributed by atoms with van der Waals surface area (Å²) in [6, 6.07) is 82.6. The molecule has 0 radical (unpaired) electrons. The average molecular weight is 911 g/mol. The largest absolute Gasteiger partial charge is 0.457 e. The molecule has 1 aliphatic heterocycles. The van der Waals surface area contributed by atoms with Crippen molar-refractivity contribution in [2.75, 3.05) is 0 Å². The third kappa shape index (κ3) is 5.68. The molecule has 0 saturated heterocycles. The number of rotatable bonds is 5. The number of hydrogen-bond acceptors (Lipinski definition) is 5. The van der Waals surface area contributed by atoms with Gasteiger partial charge < -0.3 is 9.30 Å². The molecule has 0 N–H and O–H groups in total. The van der Waals surface area contributed by atoms with E-state index in [0.717, 1.165) is 61.7 Å². The van der Waals surface area contributed by atoms with E-state index in [4.69, 9.17) is 19.7 Å². The highest BCUT2D eigenvalue weighted by atomic mass is 32.1. The molecule has 0 amide bonds. The second kappa shape index (κ2) is 15.0. The monoisotopic (exact) mass is 910 g/mol. The number of thiophene rings is 1. The van der Waals surface area contributed by atoms with Gasteiger partial charge in [-0.1, -0.05) is 164 Å². The highest BCUT2D eigenvalue weighted by Gasteiger charge is 2.51. The van der Waals surface area contributed by atoms with E-state index < -0.39 is 5.41 Å². The summed E-state index contributed by atoms with van der Waals surface area (Å²) < 4.78 is 11.8. The van der Waals surface area contributed by atoms with E-state index in [2.05, 4.69) is 199 Å². The van der Waals surface area contributed by atoms with Crippen LogP contribution in [0.2, 0.25) is 0 Å². The van der Waals surface area contributed by atoms with Gasteiger partial charge >= 0.3 is 0 Å². The van der Waals surface area contributed by atoms with Crippen molar-refractivity contribution in [3.8, 4) is 73.6 Å². The quantitative estimate of drug-likeness (QED) is 0.173. The number of nitrogens with zero attached hydrogens (tertiary/aromatic N) is 4. The predicted molar refractivity (Wildman–Crippen MR) is 286 cm³/mol. The van der Waals surface area contributed by atoms with E-state index in [1.54, 1.807) is 0 Å². The molecule has 0 bridgehead atoms. The van der Waals surface area contributed by atoms with E-state index in [1.807, 2.05) is 47.7 Å². The van der Waals surface area contributed by atoms with Crippen LogP contribution in [0, 0.1) is 0 Å².